The normalized spacial score (nSPS) is 19.4. The first kappa shape index (κ1) is 17.4. The van der Waals surface area contributed by atoms with Gasteiger partial charge in [0.1, 0.15) is 0 Å². The topological polar surface area (TPSA) is 77.0 Å². The summed E-state index contributed by atoms with van der Waals surface area (Å²) in [5.41, 5.74) is 9.60. The SMILES string of the molecule is Cc1cccc(-n2cc(C(=O)N3C[C@@H](CN)[C@H](c4ccccc4)C3)nn2)c1. The van der Waals surface area contributed by atoms with Crippen LogP contribution in [-0.4, -0.2) is 45.4 Å². The van der Waals surface area contributed by atoms with Crippen molar-refractivity contribution in [2.24, 2.45) is 11.7 Å². The zero-order chi connectivity index (χ0) is 18.8. The average Bonchev–Trinajstić information content (AvgIpc) is 3.35. The quantitative estimate of drug-likeness (QED) is 0.774. The predicted octanol–water partition coefficient (Wildman–Crippen LogP) is 2.39. The van der Waals surface area contributed by atoms with Crippen molar-refractivity contribution in [3.05, 3.63) is 77.6 Å². The van der Waals surface area contributed by atoms with Crippen molar-refractivity contribution in [1.82, 2.24) is 19.9 Å². The maximum Gasteiger partial charge on any atom is 0.276 e. The molecule has 0 unspecified atom stereocenters. The number of hydrogen-bond acceptors (Lipinski definition) is 4. The molecule has 1 aliphatic rings. The van der Waals surface area contributed by atoms with Crippen molar-refractivity contribution in [2.45, 2.75) is 12.8 Å². The van der Waals surface area contributed by atoms with Crippen LogP contribution < -0.4 is 5.73 Å². The van der Waals surface area contributed by atoms with Crippen LogP contribution >= 0.6 is 0 Å². The summed E-state index contributed by atoms with van der Waals surface area (Å²) in [6.45, 7) is 3.88. The molecule has 2 aromatic carbocycles. The Bertz CT molecular complexity index is 937. The van der Waals surface area contributed by atoms with Crippen LogP contribution in [0.15, 0.2) is 60.8 Å². The van der Waals surface area contributed by atoms with Gasteiger partial charge in [-0.25, -0.2) is 4.68 Å². The van der Waals surface area contributed by atoms with E-state index in [2.05, 4.69) is 22.4 Å². The van der Waals surface area contributed by atoms with Crippen LogP contribution in [0.5, 0.6) is 0 Å². The molecular formula is C21H23N5O. The van der Waals surface area contributed by atoms with Gasteiger partial charge in [0, 0.05) is 19.0 Å². The van der Waals surface area contributed by atoms with Gasteiger partial charge in [-0.1, -0.05) is 47.7 Å². The molecule has 0 bridgehead atoms. The van der Waals surface area contributed by atoms with Gasteiger partial charge in [-0.05, 0) is 42.6 Å². The molecule has 3 aromatic rings. The minimum atomic E-state index is -0.0919. The Balaban J connectivity index is 1.53. The van der Waals surface area contributed by atoms with E-state index >= 15 is 0 Å². The van der Waals surface area contributed by atoms with Crippen LogP contribution in [0.4, 0.5) is 0 Å². The maximum absolute atomic E-state index is 13.0. The summed E-state index contributed by atoms with van der Waals surface area (Å²) in [5.74, 6) is 0.418. The first-order valence-electron chi connectivity index (χ1n) is 9.19. The molecule has 1 fully saturated rings. The molecule has 4 rings (SSSR count). The molecule has 0 aliphatic carbocycles. The third kappa shape index (κ3) is 3.48. The lowest BCUT2D eigenvalue weighted by atomic mass is 9.89. The van der Waals surface area contributed by atoms with E-state index in [0.717, 1.165) is 11.3 Å². The van der Waals surface area contributed by atoms with Gasteiger partial charge in [-0.2, -0.15) is 0 Å². The van der Waals surface area contributed by atoms with Crippen LogP contribution in [0.2, 0.25) is 0 Å². The second kappa shape index (κ2) is 7.32. The lowest BCUT2D eigenvalue weighted by molar-refractivity contribution is 0.0780. The molecule has 2 atom stereocenters. The minimum Gasteiger partial charge on any atom is -0.336 e. The van der Waals surface area contributed by atoms with Gasteiger partial charge < -0.3 is 10.6 Å². The van der Waals surface area contributed by atoms with E-state index in [0.29, 0.717) is 25.3 Å². The number of aryl methyl sites for hydroxylation is 1. The van der Waals surface area contributed by atoms with E-state index in [1.807, 2.05) is 54.3 Å². The third-order valence-electron chi connectivity index (χ3n) is 5.24. The summed E-state index contributed by atoms with van der Waals surface area (Å²) in [4.78, 5) is 14.8. The van der Waals surface area contributed by atoms with Crippen LogP contribution in [0.3, 0.4) is 0 Å². The van der Waals surface area contributed by atoms with Crippen LogP contribution in [0.25, 0.3) is 5.69 Å². The molecule has 0 radical (unpaired) electrons. The Labute approximate surface area is 158 Å². The molecule has 27 heavy (non-hydrogen) atoms. The van der Waals surface area contributed by atoms with Gasteiger partial charge in [0.2, 0.25) is 0 Å². The van der Waals surface area contributed by atoms with Gasteiger partial charge >= 0.3 is 0 Å². The standard InChI is InChI=1S/C21H23N5O/c1-15-6-5-9-18(10-15)26-14-20(23-24-26)21(27)25-12-17(11-22)19(13-25)16-7-3-2-4-8-16/h2-10,14,17,19H,11-13,22H2,1H3/t17-,19+/m1/s1. The van der Waals surface area contributed by atoms with E-state index in [-0.39, 0.29) is 17.7 Å². The van der Waals surface area contributed by atoms with Crippen molar-refractivity contribution in [3.63, 3.8) is 0 Å². The zero-order valence-corrected chi connectivity index (χ0v) is 15.3. The molecular weight excluding hydrogens is 338 g/mol. The second-order valence-corrected chi connectivity index (χ2v) is 7.11. The average molecular weight is 361 g/mol. The Kier molecular flexibility index (Phi) is 4.73. The number of aromatic nitrogens is 3. The van der Waals surface area contributed by atoms with Crippen molar-refractivity contribution in [3.8, 4) is 5.69 Å². The van der Waals surface area contributed by atoms with Gasteiger partial charge in [0.15, 0.2) is 5.69 Å². The number of carbonyl (C=O) groups excluding carboxylic acids is 1. The van der Waals surface area contributed by atoms with E-state index < -0.39 is 0 Å². The van der Waals surface area contributed by atoms with E-state index in [4.69, 9.17) is 5.73 Å². The molecule has 2 heterocycles. The predicted molar refractivity (Wildman–Crippen MR) is 104 cm³/mol. The summed E-state index contributed by atoms with van der Waals surface area (Å²) in [5, 5.41) is 8.24. The van der Waals surface area contributed by atoms with Crippen molar-refractivity contribution < 1.29 is 4.79 Å². The summed E-state index contributed by atoms with van der Waals surface area (Å²) in [6, 6.07) is 18.2. The Morgan fingerprint density at radius 3 is 2.70 bits per heavy atom. The lowest BCUT2D eigenvalue weighted by Crippen LogP contribution is -2.30. The Morgan fingerprint density at radius 1 is 1.15 bits per heavy atom. The zero-order valence-electron chi connectivity index (χ0n) is 15.3. The fourth-order valence-corrected chi connectivity index (χ4v) is 3.77. The number of carbonyl (C=O) groups is 1. The summed E-state index contributed by atoms with van der Waals surface area (Å²) >= 11 is 0. The molecule has 1 saturated heterocycles. The van der Waals surface area contributed by atoms with Gasteiger partial charge in [-0.3, -0.25) is 4.79 Å². The van der Waals surface area contributed by atoms with E-state index in [1.54, 1.807) is 10.9 Å². The smallest absolute Gasteiger partial charge is 0.276 e. The number of nitrogens with two attached hydrogens (primary N) is 1. The molecule has 0 spiro atoms. The first-order valence-corrected chi connectivity index (χ1v) is 9.19. The maximum atomic E-state index is 13.0. The van der Waals surface area contributed by atoms with Gasteiger partial charge in [0.05, 0.1) is 11.9 Å². The third-order valence-corrected chi connectivity index (χ3v) is 5.24. The lowest BCUT2D eigenvalue weighted by Gasteiger charge is -2.16. The van der Waals surface area contributed by atoms with E-state index in [9.17, 15) is 4.79 Å². The summed E-state index contributed by atoms with van der Waals surface area (Å²) < 4.78 is 1.64. The minimum absolute atomic E-state index is 0.0919. The Hall–Kier alpha value is -2.99. The van der Waals surface area contributed by atoms with Crippen LogP contribution in [0, 0.1) is 12.8 Å². The molecule has 1 aliphatic heterocycles. The number of hydrogen-bond donors (Lipinski definition) is 1. The number of rotatable bonds is 4. The number of likely N-dealkylation sites (tertiary alicyclic amines) is 1. The largest absolute Gasteiger partial charge is 0.336 e. The molecule has 0 saturated carbocycles. The number of benzene rings is 2. The number of amides is 1. The monoisotopic (exact) mass is 361 g/mol. The fourth-order valence-electron chi connectivity index (χ4n) is 3.77. The highest BCUT2D eigenvalue weighted by molar-refractivity contribution is 5.92. The highest BCUT2D eigenvalue weighted by Gasteiger charge is 2.36. The first-order chi connectivity index (χ1) is 13.2. The fraction of sp³-hybridized carbons (Fsp3) is 0.286. The molecule has 6 nitrogen and oxygen atoms in total. The second-order valence-electron chi connectivity index (χ2n) is 7.11. The summed E-state index contributed by atoms with van der Waals surface area (Å²) in [7, 11) is 0. The van der Waals surface area contributed by atoms with Gasteiger partial charge in [0.25, 0.3) is 5.91 Å². The highest BCUT2D eigenvalue weighted by atomic mass is 16.2. The van der Waals surface area contributed by atoms with Crippen molar-refractivity contribution >= 4 is 5.91 Å². The summed E-state index contributed by atoms with van der Waals surface area (Å²) in [6.07, 6.45) is 1.70. The number of nitrogens with zero attached hydrogens (tertiary/aromatic N) is 4. The molecule has 6 heteroatoms. The molecule has 1 amide bonds. The highest BCUT2D eigenvalue weighted by Crippen LogP contribution is 2.32. The van der Waals surface area contributed by atoms with Crippen LogP contribution in [-0.2, 0) is 0 Å². The van der Waals surface area contributed by atoms with Gasteiger partial charge in [-0.15, -0.1) is 5.10 Å². The van der Waals surface area contributed by atoms with Crippen LogP contribution in [0.1, 0.15) is 27.5 Å². The Morgan fingerprint density at radius 2 is 1.96 bits per heavy atom. The van der Waals surface area contributed by atoms with Crippen molar-refractivity contribution in [2.75, 3.05) is 19.6 Å². The molecule has 1 aromatic heterocycles. The van der Waals surface area contributed by atoms with Crippen molar-refractivity contribution in [1.29, 1.82) is 0 Å². The molecule has 2 N–H and O–H groups in total. The van der Waals surface area contributed by atoms with E-state index in [1.165, 1.54) is 5.56 Å². The molecule has 138 valence electrons.